The van der Waals surface area contributed by atoms with E-state index in [9.17, 15) is 14.4 Å². The number of carbonyl (C=O) groups excluding carboxylic acids is 2. The zero-order valence-corrected chi connectivity index (χ0v) is 38.8. The van der Waals surface area contributed by atoms with Gasteiger partial charge in [0.05, 0.1) is 132 Å². The number of unbranched alkanes of at least 4 members (excludes halogenated alkanes) is 15. The number of rotatable bonds is 54. The Morgan fingerprint density at radius 1 is 0.274 bits per heavy atom. The van der Waals surface area contributed by atoms with Crippen LogP contribution in [-0.2, 0) is 71.2 Å². The number of hydrogen-bond acceptors (Lipinski definition) is 15. The van der Waals surface area contributed by atoms with Crippen LogP contribution in [-0.4, -0.2) is 168 Å². The summed E-state index contributed by atoms with van der Waals surface area (Å²) in [6.45, 7) is 11.6. The summed E-state index contributed by atoms with van der Waals surface area (Å²) in [7, 11) is 0. The Kier molecular flexibility index (Phi) is 51.6. The van der Waals surface area contributed by atoms with Gasteiger partial charge in [0.15, 0.2) is 0 Å². The van der Waals surface area contributed by atoms with Crippen molar-refractivity contribution in [2.75, 3.05) is 145 Å². The van der Waals surface area contributed by atoms with Crippen LogP contribution in [0.3, 0.4) is 0 Å². The molecule has 0 aromatic heterocycles. The molecule has 368 valence electrons. The summed E-state index contributed by atoms with van der Waals surface area (Å²) in [6, 6.07) is 0. The maximum atomic E-state index is 11.9. The van der Waals surface area contributed by atoms with Crippen LogP contribution in [0.15, 0.2) is 0 Å². The van der Waals surface area contributed by atoms with Crippen molar-refractivity contribution < 1.29 is 76.3 Å². The molecule has 0 rings (SSSR count). The van der Waals surface area contributed by atoms with Gasteiger partial charge in [0.25, 0.3) is 0 Å². The number of esters is 2. The SMILES string of the molecule is CCCCCCCCCCCCCCCCCC(=O)OCCOCCOCCOCCOCCOCCOCCOCCOCCOCCOCCOC(=O)CCCCC(=O)O. The molecule has 0 aliphatic heterocycles. The van der Waals surface area contributed by atoms with Gasteiger partial charge in [0.1, 0.15) is 13.2 Å². The van der Waals surface area contributed by atoms with Crippen molar-refractivity contribution in [2.45, 2.75) is 135 Å². The Bertz CT molecular complexity index is 928. The molecule has 0 spiro atoms. The van der Waals surface area contributed by atoms with Crippen molar-refractivity contribution in [3.05, 3.63) is 0 Å². The molecule has 0 saturated carbocycles. The molecule has 16 nitrogen and oxygen atoms in total. The van der Waals surface area contributed by atoms with Gasteiger partial charge in [-0.2, -0.15) is 0 Å². The Morgan fingerprint density at radius 3 is 0.710 bits per heavy atom. The first-order chi connectivity index (χ1) is 30.6. The molecule has 0 radical (unpaired) electrons. The molecule has 0 atom stereocenters. The van der Waals surface area contributed by atoms with E-state index >= 15 is 0 Å². The quantitative estimate of drug-likeness (QED) is 0.0480. The van der Waals surface area contributed by atoms with Crippen LogP contribution in [0, 0.1) is 0 Å². The number of hydrogen-bond donors (Lipinski definition) is 1. The zero-order chi connectivity index (χ0) is 44.9. The maximum Gasteiger partial charge on any atom is 0.305 e. The normalized spacial score (nSPS) is 11.4. The highest BCUT2D eigenvalue weighted by atomic mass is 16.6. The van der Waals surface area contributed by atoms with E-state index in [0.29, 0.717) is 145 Å². The molecule has 0 bridgehead atoms. The lowest BCUT2D eigenvalue weighted by Gasteiger charge is -2.09. The fourth-order valence-electron chi connectivity index (χ4n) is 5.84. The third-order valence-electron chi connectivity index (χ3n) is 9.34. The molecule has 0 fully saturated rings. The lowest BCUT2D eigenvalue weighted by molar-refractivity contribution is -0.146. The summed E-state index contributed by atoms with van der Waals surface area (Å²) in [6.07, 6.45) is 21.3. The van der Waals surface area contributed by atoms with Crippen LogP contribution in [0.25, 0.3) is 0 Å². The third kappa shape index (κ3) is 54.1. The first-order valence-corrected chi connectivity index (χ1v) is 23.9. The van der Waals surface area contributed by atoms with Gasteiger partial charge in [-0.3, -0.25) is 14.4 Å². The van der Waals surface area contributed by atoms with E-state index in [1.54, 1.807) is 0 Å². The Labute approximate surface area is 374 Å². The predicted molar refractivity (Wildman–Crippen MR) is 236 cm³/mol. The second kappa shape index (κ2) is 53.3. The van der Waals surface area contributed by atoms with Crippen LogP contribution in [0.2, 0.25) is 0 Å². The summed E-state index contributed by atoms with van der Waals surface area (Å²) in [4.78, 5) is 33.9. The van der Waals surface area contributed by atoms with Crippen molar-refractivity contribution in [1.29, 1.82) is 0 Å². The molecular formula is C46H88O16. The number of aliphatic carboxylic acids is 1. The van der Waals surface area contributed by atoms with Crippen molar-refractivity contribution in [3.63, 3.8) is 0 Å². The van der Waals surface area contributed by atoms with Crippen LogP contribution in [0.1, 0.15) is 135 Å². The van der Waals surface area contributed by atoms with E-state index < -0.39 is 5.97 Å². The van der Waals surface area contributed by atoms with Crippen LogP contribution in [0.5, 0.6) is 0 Å². The standard InChI is InChI=1S/C46H88O16/c1-2-3-4-5-6-7-8-9-10-11-12-13-14-15-16-20-45(49)61-42-40-59-38-36-57-34-32-55-30-28-53-26-24-51-22-23-52-25-27-54-29-31-56-33-35-58-37-39-60-41-43-62-46(50)21-18-17-19-44(47)48/h2-43H2,1H3,(H,47,48). The monoisotopic (exact) mass is 897 g/mol. The first-order valence-electron chi connectivity index (χ1n) is 23.9. The molecule has 0 amide bonds. The van der Waals surface area contributed by atoms with Gasteiger partial charge in [-0.15, -0.1) is 0 Å². The second-order valence-electron chi connectivity index (χ2n) is 14.9. The molecule has 0 saturated heterocycles. The average molecular weight is 897 g/mol. The van der Waals surface area contributed by atoms with E-state index in [4.69, 9.17) is 61.9 Å². The molecule has 1 N–H and O–H groups in total. The largest absolute Gasteiger partial charge is 0.481 e. The minimum Gasteiger partial charge on any atom is -0.481 e. The third-order valence-corrected chi connectivity index (χ3v) is 9.34. The molecule has 16 heteroatoms. The van der Waals surface area contributed by atoms with Gasteiger partial charge in [-0.25, -0.2) is 0 Å². The highest BCUT2D eigenvalue weighted by Gasteiger charge is 2.05. The Hall–Kier alpha value is -1.99. The molecule has 0 heterocycles. The van der Waals surface area contributed by atoms with Gasteiger partial charge in [-0.05, 0) is 19.3 Å². The molecular weight excluding hydrogens is 808 g/mol. The van der Waals surface area contributed by atoms with E-state index in [1.807, 2.05) is 0 Å². The topological polar surface area (TPSA) is 182 Å². The first kappa shape index (κ1) is 60.0. The lowest BCUT2D eigenvalue weighted by atomic mass is 10.0. The minimum absolute atomic E-state index is 0.0574. The average Bonchev–Trinajstić information content (AvgIpc) is 3.26. The van der Waals surface area contributed by atoms with E-state index in [0.717, 1.165) is 12.8 Å². The fourth-order valence-corrected chi connectivity index (χ4v) is 5.84. The lowest BCUT2D eigenvalue weighted by Crippen LogP contribution is -2.16. The van der Waals surface area contributed by atoms with Gasteiger partial charge in [-0.1, -0.05) is 96.8 Å². The zero-order valence-electron chi connectivity index (χ0n) is 38.8. The molecule has 62 heavy (non-hydrogen) atoms. The molecule has 0 aliphatic rings. The molecule has 0 aromatic rings. The maximum absolute atomic E-state index is 11.9. The van der Waals surface area contributed by atoms with Crippen molar-refractivity contribution in [2.24, 2.45) is 0 Å². The smallest absolute Gasteiger partial charge is 0.305 e. The van der Waals surface area contributed by atoms with Crippen LogP contribution >= 0.6 is 0 Å². The van der Waals surface area contributed by atoms with Gasteiger partial charge in [0.2, 0.25) is 0 Å². The summed E-state index contributed by atoms with van der Waals surface area (Å²) >= 11 is 0. The minimum atomic E-state index is -0.865. The number of carbonyl (C=O) groups is 3. The van der Waals surface area contributed by atoms with Crippen LogP contribution < -0.4 is 0 Å². The van der Waals surface area contributed by atoms with Gasteiger partial charge >= 0.3 is 17.9 Å². The van der Waals surface area contributed by atoms with E-state index in [-0.39, 0.29) is 44.6 Å². The Balaban J connectivity index is 3.15. The molecule has 0 aliphatic carbocycles. The van der Waals surface area contributed by atoms with Crippen molar-refractivity contribution >= 4 is 17.9 Å². The highest BCUT2D eigenvalue weighted by Crippen LogP contribution is 2.14. The number of ether oxygens (including phenoxy) is 12. The Morgan fingerprint density at radius 2 is 0.468 bits per heavy atom. The summed E-state index contributed by atoms with van der Waals surface area (Å²) in [5.41, 5.74) is 0. The molecule has 0 unspecified atom stereocenters. The number of carboxylic acid groups (broad SMARTS) is 1. The summed E-state index contributed by atoms with van der Waals surface area (Å²) in [5.74, 6) is -1.35. The van der Waals surface area contributed by atoms with Crippen molar-refractivity contribution in [1.82, 2.24) is 0 Å². The fraction of sp³-hybridized carbons (Fsp3) is 0.935. The van der Waals surface area contributed by atoms with E-state index in [1.165, 1.54) is 83.5 Å². The molecule has 0 aromatic carbocycles. The summed E-state index contributed by atoms with van der Waals surface area (Å²) in [5, 5.41) is 8.57. The van der Waals surface area contributed by atoms with Crippen LogP contribution in [0.4, 0.5) is 0 Å². The highest BCUT2D eigenvalue weighted by molar-refractivity contribution is 5.70. The second-order valence-corrected chi connectivity index (χ2v) is 14.9. The summed E-state index contributed by atoms with van der Waals surface area (Å²) < 4.78 is 65.0. The predicted octanol–water partition coefficient (Wildman–Crippen LogP) is 7.15. The van der Waals surface area contributed by atoms with Crippen molar-refractivity contribution in [3.8, 4) is 0 Å². The van der Waals surface area contributed by atoms with E-state index in [2.05, 4.69) is 6.92 Å². The number of carboxylic acids is 1. The van der Waals surface area contributed by atoms with Gasteiger partial charge in [0, 0.05) is 19.3 Å². The van der Waals surface area contributed by atoms with Gasteiger partial charge < -0.3 is 61.9 Å².